The van der Waals surface area contributed by atoms with Crippen LogP contribution in [-0.2, 0) is 4.74 Å². The van der Waals surface area contributed by atoms with Crippen molar-refractivity contribution in [2.75, 3.05) is 13.1 Å². The highest BCUT2D eigenvalue weighted by Gasteiger charge is 2.47. The van der Waals surface area contributed by atoms with E-state index < -0.39 is 11.6 Å². The van der Waals surface area contributed by atoms with Gasteiger partial charge in [-0.1, -0.05) is 0 Å². The average Bonchev–Trinajstić information content (AvgIpc) is 3.21. The first kappa shape index (κ1) is 19.0. The minimum atomic E-state index is -0.579. The number of rotatable bonds is 2. The Bertz CT molecular complexity index is 760. The van der Waals surface area contributed by atoms with Gasteiger partial charge in [0, 0.05) is 13.1 Å². The molecule has 0 aromatic carbocycles. The molecular weight excluding hydrogens is 366 g/mol. The standard InChI is InChI=1S/C18H27N5O5/c1-18(2,3)28-17(25)21-9-5-4-6-12(21)14-19-20-15(27-14)13-8-7-11-10-22(13)16(24)23(11)26/h11-13,26H,4-10H2,1-3H3. The Morgan fingerprint density at radius 2 is 1.86 bits per heavy atom. The molecule has 3 aliphatic heterocycles. The maximum absolute atomic E-state index is 12.6. The third-order valence-corrected chi connectivity index (χ3v) is 5.50. The van der Waals surface area contributed by atoms with Crippen molar-refractivity contribution in [1.29, 1.82) is 0 Å². The SMILES string of the molecule is CC(C)(C)OC(=O)N1CCCCC1c1nnc(C2CCC3CN2C(=O)N3O)o1. The molecule has 2 bridgehead atoms. The predicted octanol–water partition coefficient (Wildman–Crippen LogP) is 2.86. The van der Waals surface area contributed by atoms with Crippen molar-refractivity contribution in [3.05, 3.63) is 11.8 Å². The van der Waals surface area contributed by atoms with Gasteiger partial charge in [0.1, 0.15) is 17.7 Å². The molecule has 4 rings (SSSR count). The normalized spacial score (nSPS) is 28.1. The van der Waals surface area contributed by atoms with Gasteiger partial charge in [0.2, 0.25) is 11.8 Å². The van der Waals surface area contributed by atoms with Gasteiger partial charge in [-0.05, 0) is 52.9 Å². The molecule has 1 N–H and O–H groups in total. The van der Waals surface area contributed by atoms with Crippen molar-refractivity contribution < 1.29 is 24.0 Å². The zero-order valence-electron chi connectivity index (χ0n) is 16.5. The first-order chi connectivity index (χ1) is 13.2. The molecule has 0 spiro atoms. The third kappa shape index (κ3) is 3.41. The molecular formula is C18H27N5O5. The second-order valence-electron chi connectivity index (χ2n) is 8.69. The number of nitrogens with zero attached hydrogens (tertiary/aromatic N) is 5. The summed E-state index contributed by atoms with van der Waals surface area (Å²) in [7, 11) is 0. The van der Waals surface area contributed by atoms with E-state index in [1.54, 1.807) is 9.80 Å². The van der Waals surface area contributed by atoms with E-state index in [4.69, 9.17) is 9.15 Å². The molecule has 10 nitrogen and oxygen atoms in total. The summed E-state index contributed by atoms with van der Waals surface area (Å²) in [6.07, 6.45) is 3.51. The molecule has 3 unspecified atom stereocenters. The minimum absolute atomic E-state index is 0.174. The monoisotopic (exact) mass is 393 g/mol. The number of likely N-dealkylation sites (tertiary alicyclic amines) is 1. The fourth-order valence-corrected chi connectivity index (χ4v) is 4.15. The number of carbonyl (C=O) groups excluding carboxylic acids is 2. The highest BCUT2D eigenvalue weighted by atomic mass is 16.6. The topological polar surface area (TPSA) is 112 Å². The molecule has 1 aromatic rings. The van der Waals surface area contributed by atoms with Crippen LogP contribution in [0.4, 0.5) is 9.59 Å². The Morgan fingerprint density at radius 3 is 2.57 bits per heavy atom. The van der Waals surface area contributed by atoms with Gasteiger partial charge in [-0.3, -0.25) is 10.1 Å². The second kappa shape index (κ2) is 6.91. The summed E-state index contributed by atoms with van der Waals surface area (Å²) in [6, 6.07) is -1.28. The molecule has 3 fully saturated rings. The van der Waals surface area contributed by atoms with Crippen molar-refractivity contribution in [1.82, 2.24) is 25.1 Å². The molecule has 10 heteroatoms. The van der Waals surface area contributed by atoms with Crippen molar-refractivity contribution in [2.45, 2.75) is 76.6 Å². The van der Waals surface area contributed by atoms with E-state index in [1.165, 1.54) is 0 Å². The van der Waals surface area contributed by atoms with Gasteiger partial charge < -0.3 is 14.1 Å². The van der Waals surface area contributed by atoms with E-state index in [2.05, 4.69) is 10.2 Å². The fourth-order valence-electron chi connectivity index (χ4n) is 4.15. The number of ether oxygens (including phenoxy) is 1. The molecule has 3 amide bonds. The highest BCUT2D eigenvalue weighted by molar-refractivity contribution is 5.76. The van der Waals surface area contributed by atoms with E-state index in [9.17, 15) is 14.8 Å². The van der Waals surface area contributed by atoms with Gasteiger partial charge in [0.15, 0.2) is 0 Å². The van der Waals surface area contributed by atoms with Gasteiger partial charge in [-0.2, -0.15) is 0 Å². The van der Waals surface area contributed by atoms with Crippen LogP contribution in [0.15, 0.2) is 4.42 Å². The average molecular weight is 393 g/mol. The van der Waals surface area contributed by atoms with Gasteiger partial charge in [-0.15, -0.1) is 10.2 Å². The quantitative estimate of drug-likeness (QED) is 0.769. The zero-order chi connectivity index (χ0) is 20.1. The van der Waals surface area contributed by atoms with Gasteiger partial charge in [-0.25, -0.2) is 14.7 Å². The first-order valence-electron chi connectivity index (χ1n) is 9.86. The Morgan fingerprint density at radius 1 is 1.14 bits per heavy atom. The predicted molar refractivity (Wildman–Crippen MR) is 95.3 cm³/mol. The van der Waals surface area contributed by atoms with Crippen LogP contribution in [-0.4, -0.2) is 67.1 Å². The Labute approximate surface area is 163 Å². The lowest BCUT2D eigenvalue weighted by Gasteiger charge is -2.34. The number of fused-ring (bicyclic) bond motifs is 2. The minimum Gasteiger partial charge on any atom is -0.444 e. The summed E-state index contributed by atoms with van der Waals surface area (Å²) in [5.74, 6) is 0.724. The van der Waals surface area contributed by atoms with Crippen molar-refractivity contribution in [3.8, 4) is 0 Å². The van der Waals surface area contributed by atoms with Crippen molar-refractivity contribution >= 4 is 12.1 Å². The number of carbonyl (C=O) groups is 2. The lowest BCUT2D eigenvalue weighted by atomic mass is 10.0. The van der Waals surface area contributed by atoms with Crippen LogP contribution in [0.5, 0.6) is 0 Å². The maximum Gasteiger partial charge on any atom is 0.410 e. The number of hydroxylamine groups is 2. The zero-order valence-corrected chi connectivity index (χ0v) is 16.5. The summed E-state index contributed by atoms with van der Waals surface area (Å²) in [5, 5.41) is 19.0. The van der Waals surface area contributed by atoms with Crippen LogP contribution in [0.1, 0.15) is 76.7 Å². The third-order valence-electron chi connectivity index (χ3n) is 5.50. The van der Waals surface area contributed by atoms with Gasteiger partial charge >= 0.3 is 12.1 Å². The van der Waals surface area contributed by atoms with Crippen molar-refractivity contribution in [3.63, 3.8) is 0 Å². The van der Waals surface area contributed by atoms with E-state index in [0.29, 0.717) is 37.7 Å². The first-order valence-corrected chi connectivity index (χ1v) is 9.86. The molecule has 0 saturated carbocycles. The molecule has 3 saturated heterocycles. The van der Waals surface area contributed by atoms with Crippen LogP contribution in [0.3, 0.4) is 0 Å². The number of piperidine rings is 2. The fraction of sp³-hybridized carbons (Fsp3) is 0.778. The summed E-state index contributed by atoms with van der Waals surface area (Å²) in [6.45, 7) is 6.53. The number of urea groups is 1. The number of hydrogen-bond donors (Lipinski definition) is 1. The molecule has 3 aliphatic rings. The Balaban J connectivity index is 1.52. The van der Waals surface area contributed by atoms with Crippen molar-refractivity contribution in [2.24, 2.45) is 0 Å². The van der Waals surface area contributed by atoms with Gasteiger partial charge in [0.05, 0.1) is 6.04 Å². The van der Waals surface area contributed by atoms with Crippen LogP contribution < -0.4 is 0 Å². The van der Waals surface area contributed by atoms with Crippen LogP contribution in [0.2, 0.25) is 0 Å². The lowest BCUT2D eigenvalue weighted by Crippen LogP contribution is -2.42. The maximum atomic E-state index is 12.6. The second-order valence-corrected chi connectivity index (χ2v) is 8.69. The number of amides is 3. The summed E-state index contributed by atoms with van der Waals surface area (Å²) >= 11 is 0. The van der Waals surface area contributed by atoms with Crippen LogP contribution >= 0.6 is 0 Å². The lowest BCUT2D eigenvalue weighted by molar-refractivity contribution is -0.0584. The molecule has 0 radical (unpaired) electrons. The summed E-state index contributed by atoms with van der Waals surface area (Å²) < 4.78 is 11.5. The molecule has 28 heavy (non-hydrogen) atoms. The molecule has 1 aromatic heterocycles. The largest absolute Gasteiger partial charge is 0.444 e. The summed E-state index contributed by atoms with van der Waals surface area (Å²) in [4.78, 5) is 28.0. The molecule has 0 aliphatic carbocycles. The Hall–Kier alpha value is -2.36. The molecule has 154 valence electrons. The molecule has 4 heterocycles. The smallest absolute Gasteiger partial charge is 0.410 e. The van der Waals surface area contributed by atoms with Gasteiger partial charge in [0.25, 0.3) is 0 Å². The number of hydrogen-bond acceptors (Lipinski definition) is 7. The number of aromatic nitrogens is 2. The Kier molecular flexibility index (Phi) is 4.68. The molecule has 3 atom stereocenters. The van der Waals surface area contributed by atoms with E-state index in [0.717, 1.165) is 24.3 Å². The van der Waals surface area contributed by atoms with Crippen LogP contribution in [0, 0.1) is 0 Å². The van der Waals surface area contributed by atoms with Crippen LogP contribution in [0.25, 0.3) is 0 Å². The highest BCUT2D eigenvalue weighted by Crippen LogP contribution is 2.38. The van der Waals surface area contributed by atoms with E-state index in [-0.39, 0.29) is 24.2 Å². The summed E-state index contributed by atoms with van der Waals surface area (Å²) in [5.41, 5.74) is -0.579. The van der Waals surface area contributed by atoms with E-state index in [1.807, 2.05) is 20.8 Å². The van der Waals surface area contributed by atoms with E-state index >= 15 is 0 Å².